The van der Waals surface area contributed by atoms with Crippen LogP contribution in [0, 0.1) is 5.92 Å². The van der Waals surface area contributed by atoms with Crippen LogP contribution in [0.1, 0.15) is 139 Å². The molecule has 8 aromatic rings. The largest absolute Gasteiger partial charge is 0.383 e. The minimum Gasteiger partial charge on any atom is -0.383 e. The first-order valence-corrected chi connectivity index (χ1v) is 26.6. The molecule has 6 aliphatic rings. The Morgan fingerprint density at radius 2 is 1.09 bits per heavy atom. The highest BCUT2D eigenvalue weighted by Crippen LogP contribution is 2.37. The molecule has 8 heterocycles. The molecule has 0 bridgehead atoms. The number of nitrogen functional groups attached to an aromatic ring is 7. The van der Waals surface area contributed by atoms with Crippen LogP contribution in [-0.2, 0) is 45.6 Å². The van der Waals surface area contributed by atoms with Gasteiger partial charge in [0, 0.05) is 90.2 Å². The number of aryl methyl sites for hydroxylation is 2. The summed E-state index contributed by atoms with van der Waals surface area (Å²) in [5.41, 5.74) is 58.9. The maximum atomic E-state index is 5.75. The molecule has 15 nitrogen and oxygen atoms in total. The Morgan fingerprint density at radius 3 is 1.74 bits per heavy atom. The highest BCUT2D eigenvalue weighted by molar-refractivity contribution is 5.89. The summed E-state index contributed by atoms with van der Waals surface area (Å²) < 4.78 is 2.02. The minimum atomic E-state index is 0.496. The summed E-state index contributed by atoms with van der Waals surface area (Å²) in [4.78, 5) is 28.3. The van der Waals surface area contributed by atoms with Crippen LogP contribution in [0.3, 0.4) is 0 Å². The van der Waals surface area contributed by atoms with Crippen molar-refractivity contribution in [3.8, 4) is 0 Å². The Balaban J connectivity index is 0.000000119. The Bertz CT molecular complexity index is 3460. The molecule has 0 fully saturated rings. The van der Waals surface area contributed by atoms with Gasteiger partial charge in [0.05, 0.1) is 5.52 Å². The minimum absolute atomic E-state index is 0.496. The predicted molar refractivity (Wildman–Crippen MR) is 319 cm³/mol. The first-order valence-electron chi connectivity index (χ1n) is 26.6. The van der Waals surface area contributed by atoms with E-state index in [0.717, 1.165) is 76.6 Å². The number of hydrogen-bond donors (Lipinski definition) is 7. The molecule has 77 heavy (non-hydrogen) atoms. The molecule has 398 valence electrons. The molecule has 0 spiro atoms. The maximum Gasteiger partial charge on any atom is 0.132 e. The van der Waals surface area contributed by atoms with Crippen LogP contribution in [0.2, 0.25) is 0 Å². The van der Waals surface area contributed by atoms with Gasteiger partial charge >= 0.3 is 0 Å². The summed E-state index contributed by atoms with van der Waals surface area (Å²) in [5.74, 6) is 7.27. The predicted octanol–water partition coefficient (Wildman–Crippen LogP) is 11.0. The number of aromatic nitrogens is 8. The summed E-state index contributed by atoms with van der Waals surface area (Å²) >= 11 is 0. The van der Waals surface area contributed by atoms with E-state index in [2.05, 4.69) is 113 Å². The van der Waals surface area contributed by atoms with Gasteiger partial charge in [-0.3, -0.25) is 0 Å². The SMILES string of the molecule is CC1=CCc2ccnc(N)c21.CC1=Cc2c(ccnc2N)C1.CC1C=Cc2c1ccnc2N.CC1CCc2c1ccnc2N.CC1CCc2ccnc(N)c21.CC1Cc2ccnc(N)c2C1.Cn1ccc2c(N)nccc21. The molecule has 0 amide bonds. The van der Waals surface area contributed by atoms with Crippen molar-refractivity contribution in [3.63, 3.8) is 0 Å². The van der Waals surface area contributed by atoms with Crippen LogP contribution in [-0.4, -0.2) is 39.5 Å². The van der Waals surface area contributed by atoms with Crippen molar-refractivity contribution >= 4 is 69.4 Å². The van der Waals surface area contributed by atoms with Crippen molar-refractivity contribution in [3.05, 3.63) is 183 Å². The average Bonchev–Trinajstić information content (AvgIpc) is 4.31. The Morgan fingerprint density at radius 1 is 0.519 bits per heavy atom. The molecule has 0 saturated heterocycles. The zero-order valence-electron chi connectivity index (χ0n) is 45.6. The number of fused-ring (bicyclic) bond motifs is 7. The normalized spacial score (nSPS) is 17.9. The van der Waals surface area contributed by atoms with Gasteiger partial charge in [-0.05, 0) is 182 Å². The molecule has 4 atom stereocenters. The summed E-state index contributed by atoms with van der Waals surface area (Å²) in [7, 11) is 1.99. The summed E-state index contributed by atoms with van der Waals surface area (Å²) in [5, 5.41) is 1.02. The van der Waals surface area contributed by atoms with E-state index in [1.165, 1.54) is 86.9 Å². The van der Waals surface area contributed by atoms with Crippen LogP contribution in [0.25, 0.3) is 28.6 Å². The molecular formula is C62H75N15. The quantitative estimate of drug-likeness (QED) is 0.0744. The lowest BCUT2D eigenvalue weighted by atomic mass is 10.0. The Labute approximate surface area is 453 Å². The first kappa shape index (κ1) is 54.7. The number of pyridine rings is 7. The fourth-order valence-corrected chi connectivity index (χ4v) is 11.0. The van der Waals surface area contributed by atoms with Gasteiger partial charge in [-0.2, -0.15) is 0 Å². The third-order valence-electron chi connectivity index (χ3n) is 15.2. The van der Waals surface area contributed by atoms with E-state index in [-0.39, 0.29) is 0 Å². The van der Waals surface area contributed by atoms with E-state index in [4.69, 9.17) is 40.1 Å². The number of hydrogen-bond acceptors (Lipinski definition) is 14. The first-order chi connectivity index (χ1) is 37.0. The number of rotatable bonds is 0. The van der Waals surface area contributed by atoms with Gasteiger partial charge in [-0.15, -0.1) is 0 Å². The number of nitrogens with two attached hydrogens (primary N) is 7. The maximum absolute atomic E-state index is 5.75. The van der Waals surface area contributed by atoms with E-state index < -0.39 is 0 Å². The zero-order valence-corrected chi connectivity index (χ0v) is 45.6. The Hall–Kier alpha value is -8.59. The van der Waals surface area contributed by atoms with Gasteiger partial charge in [0.15, 0.2) is 0 Å². The number of allylic oxidation sites excluding steroid dienone is 4. The van der Waals surface area contributed by atoms with Crippen LogP contribution in [0.15, 0.2) is 116 Å². The van der Waals surface area contributed by atoms with Crippen molar-refractivity contribution in [1.29, 1.82) is 0 Å². The monoisotopic (exact) mass is 1030 g/mol. The zero-order chi connectivity index (χ0) is 54.9. The standard InChI is InChI=1S/C9H12N2.C9H10N2.C9H12N2.C9H10N2.C9H12N2.C9H10N2.C8H9N3/c2*1-6-4-7-2-3-11-9(10)8(7)5-6;2*1-6-2-3-8-7(6)4-5-11-9(8)10;2*1-6-2-3-7-4-5-11-9(10)8(6)7;1-11-5-3-6-7(11)2-4-10-8(6)9/h2-3,6H,4-5H2,1H3,(H2,10,11);2-3,5H,4H2,1H3,(H2,10,11);4-6H,2-3H2,1H3,(H2,10,11);2-6H,1H3,(H2,10,11);4-6H,2-3H2,1H3,(H2,10,11);2,4-5H,3H2,1H3,(H2,10,11);2-5H,1H3,(H2,9,10). The lowest BCUT2D eigenvalue weighted by molar-refractivity contribution is 0.628. The smallest absolute Gasteiger partial charge is 0.132 e. The molecule has 0 aromatic carbocycles. The van der Waals surface area contributed by atoms with Crippen LogP contribution >= 0.6 is 0 Å². The van der Waals surface area contributed by atoms with E-state index in [0.29, 0.717) is 41.0 Å². The van der Waals surface area contributed by atoms with Gasteiger partial charge in [0.2, 0.25) is 0 Å². The summed E-state index contributed by atoms with van der Waals surface area (Å²) in [6.07, 6.45) is 31.9. The molecular weight excluding hydrogens is 955 g/mol. The van der Waals surface area contributed by atoms with Crippen molar-refractivity contribution in [2.75, 3.05) is 40.1 Å². The molecule has 8 aromatic heterocycles. The second kappa shape index (κ2) is 24.4. The molecule has 14 rings (SSSR count). The highest BCUT2D eigenvalue weighted by Gasteiger charge is 2.23. The third-order valence-corrected chi connectivity index (χ3v) is 15.2. The fraction of sp³-hybridized carbons (Fsp3) is 0.306. The second-order valence-corrected chi connectivity index (χ2v) is 20.9. The van der Waals surface area contributed by atoms with Gasteiger partial charge in [0.1, 0.15) is 40.7 Å². The van der Waals surface area contributed by atoms with Gasteiger partial charge in [-0.1, -0.05) is 57.6 Å². The molecule has 0 saturated carbocycles. The van der Waals surface area contributed by atoms with Crippen molar-refractivity contribution in [2.24, 2.45) is 13.0 Å². The van der Waals surface area contributed by atoms with Crippen molar-refractivity contribution in [1.82, 2.24) is 39.5 Å². The van der Waals surface area contributed by atoms with Crippen LogP contribution < -0.4 is 40.1 Å². The molecule has 4 unspecified atom stereocenters. The van der Waals surface area contributed by atoms with E-state index in [1.807, 2.05) is 54.2 Å². The third kappa shape index (κ3) is 12.7. The highest BCUT2D eigenvalue weighted by atomic mass is 14.9. The molecule has 14 N–H and O–H groups in total. The topological polar surface area (TPSA) is 277 Å². The molecule has 0 aliphatic heterocycles. The summed E-state index contributed by atoms with van der Waals surface area (Å²) in [6, 6.07) is 16.2. The van der Waals surface area contributed by atoms with Gasteiger partial charge < -0.3 is 44.7 Å². The molecule has 15 heteroatoms. The lowest BCUT2D eigenvalue weighted by Crippen LogP contribution is -1.98. The number of nitrogens with zero attached hydrogens (tertiary/aromatic N) is 8. The van der Waals surface area contributed by atoms with E-state index >= 15 is 0 Å². The van der Waals surface area contributed by atoms with Crippen LogP contribution in [0.4, 0.5) is 40.7 Å². The van der Waals surface area contributed by atoms with E-state index in [9.17, 15) is 0 Å². The van der Waals surface area contributed by atoms with Gasteiger partial charge in [0.25, 0.3) is 0 Å². The van der Waals surface area contributed by atoms with Crippen LogP contribution in [0.5, 0.6) is 0 Å². The van der Waals surface area contributed by atoms with Gasteiger partial charge in [-0.25, -0.2) is 34.9 Å². The van der Waals surface area contributed by atoms with Crippen molar-refractivity contribution in [2.45, 2.75) is 111 Å². The Kier molecular flexibility index (Phi) is 17.3. The second-order valence-electron chi connectivity index (χ2n) is 20.9. The van der Waals surface area contributed by atoms with Crippen molar-refractivity contribution < 1.29 is 0 Å². The van der Waals surface area contributed by atoms with E-state index in [1.54, 1.807) is 43.4 Å². The average molecular weight is 1030 g/mol. The number of anilines is 7. The fourth-order valence-electron chi connectivity index (χ4n) is 11.0. The molecule has 6 aliphatic carbocycles. The lowest BCUT2D eigenvalue weighted by Gasteiger charge is -2.05. The summed E-state index contributed by atoms with van der Waals surface area (Å²) in [6.45, 7) is 13.0. The molecule has 0 radical (unpaired) electrons.